The van der Waals surface area contributed by atoms with Gasteiger partial charge < -0.3 is 19.5 Å². The SMILES string of the molecule is COc1ccc(C2CCCNC2)cc1OC1CCOCC1. The number of rotatable bonds is 4. The van der Waals surface area contributed by atoms with E-state index in [9.17, 15) is 0 Å². The van der Waals surface area contributed by atoms with E-state index in [1.165, 1.54) is 18.4 Å². The Balaban J connectivity index is 1.75. The zero-order valence-corrected chi connectivity index (χ0v) is 12.8. The fourth-order valence-corrected chi connectivity index (χ4v) is 3.15. The summed E-state index contributed by atoms with van der Waals surface area (Å²) in [6.07, 6.45) is 4.65. The second-order valence-corrected chi connectivity index (χ2v) is 5.88. The second kappa shape index (κ2) is 7.14. The van der Waals surface area contributed by atoms with Gasteiger partial charge in [-0.15, -0.1) is 0 Å². The van der Waals surface area contributed by atoms with Crippen LogP contribution in [0.15, 0.2) is 18.2 Å². The molecule has 0 saturated carbocycles. The summed E-state index contributed by atoms with van der Waals surface area (Å²) in [5.74, 6) is 2.29. The van der Waals surface area contributed by atoms with Crippen LogP contribution in [-0.2, 0) is 4.74 Å². The van der Waals surface area contributed by atoms with Crippen LogP contribution in [0.1, 0.15) is 37.2 Å². The highest BCUT2D eigenvalue weighted by atomic mass is 16.5. The van der Waals surface area contributed by atoms with E-state index in [0.29, 0.717) is 5.92 Å². The van der Waals surface area contributed by atoms with Crippen LogP contribution in [0.25, 0.3) is 0 Å². The van der Waals surface area contributed by atoms with Gasteiger partial charge in [0.1, 0.15) is 6.10 Å². The molecule has 0 spiro atoms. The third-order valence-electron chi connectivity index (χ3n) is 4.42. The van der Waals surface area contributed by atoms with Crippen LogP contribution < -0.4 is 14.8 Å². The monoisotopic (exact) mass is 291 g/mol. The molecule has 2 saturated heterocycles. The van der Waals surface area contributed by atoms with Gasteiger partial charge >= 0.3 is 0 Å². The van der Waals surface area contributed by atoms with E-state index in [1.807, 2.05) is 6.07 Å². The first-order chi connectivity index (χ1) is 10.4. The maximum absolute atomic E-state index is 6.18. The van der Waals surface area contributed by atoms with Crippen LogP contribution >= 0.6 is 0 Å². The fraction of sp³-hybridized carbons (Fsp3) is 0.647. The Hall–Kier alpha value is -1.26. The zero-order chi connectivity index (χ0) is 14.5. The van der Waals surface area contributed by atoms with Crippen molar-refractivity contribution in [3.05, 3.63) is 23.8 Å². The molecule has 2 aliphatic rings. The molecule has 3 rings (SSSR count). The number of nitrogens with one attached hydrogen (secondary N) is 1. The Morgan fingerprint density at radius 1 is 1.14 bits per heavy atom. The topological polar surface area (TPSA) is 39.7 Å². The Labute approximate surface area is 126 Å². The summed E-state index contributed by atoms with van der Waals surface area (Å²) in [7, 11) is 1.70. The summed E-state index contributed by atoms with van der Waals surface area (Å²) in [5, 5.41) is 3.47. The fourth-order valence-electron chi connectivity index (χ4n) is 3.15. The summed E-state index contributed by atoms with van der Waals surface area (Å²) >= 11 is 0. The highest BCUT2D eigenvalue weighted by Gasteiger charge is 2.20. The minimum atomic E-state index is 0.243. The van der Waals surface area contributed by atoms with Crippen LogP contribution in [0.4, 0.5) is 0 Å². The molecule has 1 unspecified atom stereocenters. The number of benzene rings is 1. The molecule has 0 aliphatic carbocycles. The molecule has 1 N–H and O–H groups in total. The van der Waals surface area contributed by atoms with Gasteiger partial charge in [-0.25, -0.2) is 0 Å². The number of ether oxygens (including phenoxy) is 3. The van der Waals surface area contributed by atoms with Gasteiger partial charge in [-0.05, 0) is 43.0 Å². The van der Waals surface area contributed by atoms with Gasteiger partial charge in [-0.2, -0.15) is 0 Å². The van der Waals surface area contributed by atoms with E-state index >= 15 is 0 Å². The van der Waals surface area contributed by atoms with Gasteiger partial charge in [0.2, 0.25) is 0 Å². The molecule has 0 bridgehead atoms. The Bertz CT molecular complexity index is 451. The van der Waals surface area contributed by atoms with Gasteiger partial charge in [0.15, 0.2) is 11.5 Å². The summed E-state index contributed by atoms with van der Waals surface area (Å²) in [6, 6.07) is 6.39. The molecule has 0 radical (unpaired) electrons. The zero-order valence-electron chi connectivity index (χ0n) is 12.8. The smallest absolute Gasteiger partial charge is 0.161 e. The minimum absolute atomic E-state index is 0.243. The van der Waals surface area contributed by atoms with Crippen molar-refractivity contribution >= 4 is 0 Å². The lowest BCUT2D eigenvalue weighted by atomic mass is 9.91. The first kappa shape index (κ1) is 14.7. The van der Waals surface area contributed by atoms with E-state index in [2.05, 4.69) is 17.4 Å². The average Bonchev–Trinajstić information content (AvgIpc) is 2.56. The number of methoxy groups -OCH3 is 1. The van der Waals surface area contributed by atoms with Crippen molar-refractivity contribution in [1.29, 1.82) is 0 Å². The van der Waals surface area contributed by atoms with E-state index in [0.717, 1.165) is 50.6 Å². The molecule has 0 amide bonds. The Kier molecular flexibility index (Phi) is 4.99. The maximum Gasteiger partial charge on any atom is 0.161 e. The summed E-state index contributed by atoms with van der Waals surface area (Å²) in [6.45, 7) is 3.78. The molecule has 1 aromatic rings. The van der Waals surface area contributed by atoms with E-state index in [1.54, 1.807) is 7.11 Å². The first-order valence-corrected chi connectivity index (χ1v) is 8.00. The molecule has 1 aromatic carbocycles. The summed E-state index contributed by atoms with van der Waals surface area (Å²) in [4.78, 5) is 0. The van der Waals surface area contributed by atoms with Gasteiger partial charge in [0, 0.05) is 19.4 Å². The molecule has 4 nitrogen and oxygen atoms in total. The first-order valence-electron chi connectivity index (χ1n) is 8.00. The number of piperidine rings is 1. The van der Waals surface area contributed by atoms with E-state index < -0.39 is 0 Å². The van der Waals surface area contributed by atoms with Crippen molar-refractivity contribution in [2.24, 2.45) is 0 Å². The van der Waals surface area contributed by atoms with Crippen molar-refractivity contribution < 1.29 is 14.2 Å². The quantitative estimate of drug-likeness (QED) is 0.926. The van der Waals surface area contributed by atoms with Gasteiger partial charge in [-0.1, -0.05) is 6.07 Å². The predicted octanol–water partition coefficient (Wildman–Crippen LogP) is 2.72. The van der Waals surface area contributed by atoms with Gasteiger partial charge in [-0.3, -0.25) is 0 Å². The minimum Gasteiger partial charge on any atom is -0.493 e. The Morgan fingerprint density at radius 3 is 2.71 bits per heavy atom. The van der Waals surface area contributed by atoms with Crippen LogP contribution in [0.2, 0.25) is 0 Å². The van der Waals surface area contributed by atoms with Crippen LogP contribution in [0.5, 0.6) is 11.5 Å². The summed E-state index contributed by atoms with van der Waals surface area (Å²) < 4.78 is 17.0. The maximum atomic E-state index is 6.18. The molecule has 2 heterocycles. The predicted molar refractivity (Wildman–Crippen MR) is 82.3 cm³/mol. The normalized spacial score (nSPS) is 23.8. The van der Waals surface area contributed by atoms with Crippen molar-refractivity contribution in [1.82, 2.24) is 5.32 Å². The average molecular weight is 291 g/mol. The third kappa shape index (κ3) is 3.69. The van der Waals surface area contributed by atoms with Crippen molar-refractivity contribution in [3.63, 3.8) is 0 Å². The Morgan fingerprint density at radius 2 is 2.00 bits per heavy atom. The van der Waals surface area contributed by atoms with E-state index in [4.69, 9.17) is 14.2 Å². The van der Waals surface area contributed by atoms with Crippen molar-refractivity contribution in [3.8, 4) is 11.5 Å². The molecule has 21 heavy (non-hydrogen) atoms. The van der Waals surface area contributed by atoms with E-state index in [-0.39, 0.29) is 6.10 Å². The third-order valence-corrected chi connectivity index (χ3v) is 4.42. The lowest BCUT2D eigenvalue weighted by Gasteiger charge is -2.26. The standard InChI is InChI=1S/C17H25NO3/c1-19-16-5-4-13(14-3-2-8-18-12-14)11-17(16)21-15-6-9-20-10-7-15/h4-5,11,14-15,18H,2-3,6-10,12H2,1H3. The second-order valence-electron chi connectivity index (χ2n) is 5.88. The molecule has 116 valence electrons. The van der Waals surface area contributed by atoms with Gasteiger partial charge in [0.25, 0.3) is 0 Å². The van der Waals surface area contributed by atoms with Crippen molar-refractivity contribution in [2.45, 2.75) is 37.7 Å². The highest BCUT2D eigenvalue weighted by Crippen LogP contribution is 2.34. The van der Waals surface area contributed by atoms with Gasteiger partial charge in [0.05, 0.1) is 20.3 Å². The molecule has 2 aliphatic heterocycles. The lowest BCUT2D eigenvalue weighted by Crippen LogP contribution is -2.28. The highest BCUT2D eigenvalue weighted by molar-refractivity contribution is 5.44. The number of hydrogen-bond acceptors (Lipinski definition) is 4. The summed E-state index contributed by atoms with van der Waals surface area (Å²) in [5.41, 5.74) is 1.35. The van der Waals surface area contributed by atoms with Crippen molar-refractivity contribution in [2.75, 3.05) is 33.4 Å². The molecule has 4 heteroatoms. The lowest BCUT2D eigenvalue weighted by molar-refractivity contribution is 0.0245. The van der Waals surface area contributed by atoms with Crippen LogP contribution in [-0.4, -0.2) is 39.5 Å². The molecule has 0 aromatic heterocycles. The molecule has 1 atom stereocenters. The number of hydrogen-bond donors (Lipinski definition) is 1. The van der Waals surface area contributed by atoms with Crippen LogP contribution in [0, 0.1) is 0 Å². The molecular formula is C17H25NO3. The molecular weight excluding hydrogens is 266 g/mol. The largest absolute Gasteiger partial charge is 0.493 e. The molecule has 2 fully saturated rings. The van der Waals surface area contributed by atoms with Crippen LogP contribution in [0.3, 0.4) is 0 Å².